The molecule has 0 bridgehead atoms. The summed E-state index contributed by atoms with van der Waals surface area (Å²) >= 11 is 0. The third-order valence-electron chi connectivity index (χ3n) is 12.9. The molecule has 3 aliphatic carbocycles. The van der Waals surface area contributed by atoms with Crippen molar-refractivity contribution in [2.24, 2.45) is 5.92 Å². The number of hydrogen-bond donors (Lipinski definition) is 0. The second kappa shape index (κ2) is 11.2. The predicted molar refractivity (Wildman–Crippen MR) is 232 cm³/mol. The lowest BCUT2D eigenvalue weighted by molar-refractivity contribution is 0.534. The monoisotopic (exact) mass is 702 g/mol. The highest BCUT2D eigenvalue weighted by Gasteiger charge is 2.37. The van der Waals surface area contributed by atoms with Crippen LogP contribution in [0.3, 0.4) is 0 Å². The van der Waals surface area contributed by atoms with Crippen LogP contribution in [0.4, 0.5) is 0 Å². The number of benzene rings is 7. The molecule has 7 aromatic carbocycles. The van der Waals surface area contributed by atoms with Gasteiger partial charge in [-0.3, -0.25) is 0 Å². The van der Waals surface area contributed by atoms with E-state index in [1.54, 1.807) is 0 Å². The topological polar surface area (TPSA) is 9.86 Å². The Bertz CT molecular complexity index is 3240. The van der Waals surface area contributed by atoms with Gasteiger partial charge in [0.1, 0.15) is 0 Å². The summed E-state index contributed by atoms with van der Waals surface area (Å²) in [5, 5.41) is 7.66. The van der Waals surface area contributed by atoms with E-state index in [9.17, 15) is 0 Å². The first-order valence-electron chi connectivity index (χ1n) is 19.5. The van der Waals surface area contributed by atoms with Crippen LogP contribution in [-0.4, -0.2) is 9.13 Å². The Labute approximate surface area is 320 Å². The second-order valence-corrected chi connectivity index (χ2v) is 16.1. The number of hydrogen-bond acceptors (Lipinski definition) is 0. The van der Waals surface area contributed by atoms with Gasteiger partial charge >= 0.3 is 0 Å². The Balaban J connectivity index is 1.09. The van der Waals surface area contributed by atoms with E-state index < -0.39 is 0 Å². The van der Waals surface area contributed by atoms with Crippen molar-refractivity contribution in [2.75, 3.05) is 0 Å². The van der Waals surface area contributed by atoms with Gasteiger partial charge in [0.05, 0.1) is 28.3 Å². The first kappa shape index (κ1) is 30.8. The lowest BCUT2D eigenvalue weighted by atomic mass is 9.82. The molecular weight excluding hydrogens is 665 g/mol. The number of allylic oxidation sites excluding steroid dienone is 8. The van der Waals surface area contributed by atoms with Crippen molar-refractivity contribution in [1.29, 1.82) is 0 Å². The van der Waals surface area contributed by atoms with E-state index >= 15 is 0 Å². The van der Waals surface area contributed by atoms with Crippen molar-refractivity contribution in [3.8, 4) is 27.9 Å². The summed E-state index contributed by atoms with van der Waals surface area (Å²) in [6.07, 6.45) is 16.0. The molecule has 9 aromatic rings. The predicted octanol–water partition coefficient (Wildman–Crippen LogP) is 13.8. The summed E-state index contributed by atoms with van der Waals surface area (Å²) in [7, 11) is 0. The largest absolute Gasteiger partial charge is 0.332 e. The molecule has 0 saturated carbocycles. The first-order valence-corrected chi connectivity index (χ1v) is 19.5. The van der Waals surface area contributed by atoms with Gasteiger partial charge < -0.3 is 9.13 Å². The number of aromatic nitrogens is 2. The maximum absolute atomic E-state index is 2.63. The fourth-order valence-electron chi connectivity index (χ4n) is 10.3. The fraction of sp³-hybridized carbons (Fsp3) is 0.0943. The van der Waals surface area contributed by atoms with Crippen molar-refractivity contribution in [3.05, 3.63) is 199 Å². The van der Waals surface area contributed by atoms with Gasteiger partial charge in [-0.15, -0.1) is 0 Å². The standard InChI is InChI=1S/C53H38N2/c1-53(2)45-21-9-7-19-39(45)41-31-44-43-30-36(26-28-51(43)55(52(44)32-46(41)53)48-24-12-16-34-14-4-6-18-38(34)48)35-25-27-50-42(29-35)40-20-8-10-22-49(40)54(50)47-23-11-15-33-13-3-5-17-37(33)47/h3-32,38,48H,1-2H3. The molecule has 0 radical (unpaired) electrons. The van der Waals surface area contributed by atoms with Gasteiger partial charge in [-0.05, 0) is 92.9 Å². The quantitative estimate of drug-likeness (QED) is 0.173. The molecule has 0 fully saturated rings. The SMILES string of the molecule is CC1(C)c2ccccc2-c2cc3c4cc(-c5ccc6c(c5)c5ccccc5n6-c5cccc6ccccc56)ccc4n(C4C=CC=C5C=CC=CC54)c3cc21. The van der Waals surface area contributed by atoms with Gasteiger partial charge in [0, 0.05) is 43.8 Å². The Kier molecular flexibility index (Phi) is 6.27. The lowest BCUT2D eigenvalue weighted by Gasteiger charge is -2.30. The molecule has 0 N–H and O–H groups in total. The van der Waals surface area contributed by atoms with E-state index in [1.807, 2.05) is 0 Å². The number of rotatable bonds is 3. The summed E-state index contributed by atoms with van der Waals surface area (Å²) in [6, 6.07) is 52.6. The summed E-state index contributed by atoms with van der Waals surface area (Å²) in [4.78, 5) is 0. The van der Waals surface area contributed by atoms with Crippen LogP contribution in [0.1, 0.15) is 31.0 Å². The van der Waals surface area contributed by atoms with Crippen LogP contribution in [-0.2, 0) is 5.41 Å². The van der Waals surface area contributed by atoms with Gasteiger partial charge in [0.15, 0.2) is 0 Å². The van der Waals surface area contributed by atoms with Crippen LogP contribution in [0.25, 0.3) is 82.3 Å². The molecule has 2 atom stereocenters. The molecule has 2 aromatic heterocycles. The average molecular weight is 703 g/mol. The van der Waals surface area contributed by atoms with E-state index in [0.717, 1.165) is 0 Å². The maximum atomic E-state index is 2.63. The minimum absolute atomic E-state index is 0.0753. The van der Waals surface area contributed by atoms with Gasteiger partial charge in [0.25, 0.3) is 0 Å². The third-order valence-corrected chi connectivity index (χ3v) is 12.9. The van der Waals surface area contributed by atoms with Crippen molar-refractivity contribution >= 4 is 54.4 Å². The maximum Gasteiger partial charge on any atom is 0.0629 e. The molecule has 0 saturated heterocycles. The molecule has 0 spiro atoms. The highest BCUT2D eigenvalue weighted by Crippen LogP contribution is 2.52. The van der Waals surface area contributed by atoms with E-state index in [1.165, 1.54) is 99.0 Å². The average Bonchev–Trinajstić information content (AvgIpc) is 3.81. The van der Waals surface area contributed by atoms with E-state index in [4.69, 9.17) is 0 Å². The van der Waals surface area contributed by atoms with Crippen LogP contribution in [0.5, 0.6) is 0 Å². The molecule has 0 amide bonds. The van der Waals surface area contributed by atoms with E-state index in [2.05, 4.69) is 205 Å². The normalized spacial score (nSPS) is 18.0. The molecule has 55 heavy (non-hydrogen) atoms. The summed E-state index contributed by atoms with van der Waals surface area (Å²) in [5.41, 5.74) is 15.5. The zero-order valence-electron chi connectivity index (χ0n) is 30.9. The van der Waals surface area contributed by atoms with Gasteiger partial charge in [-0.2, -0.15) is 0 Å². The van der Waals surface area contributed by atoms with Crippen LogP contribution < -0.4 is 0 Å². The van der Waals surface area contributed by atoms with Crippen LogP contribution in [0.2, 0.25) is 0 Å². The number of nitrogens with zero attached hydrogens (tertiary/aromatic N) is 2. The number of fused-ring (bicyclic) bond motifs is 11. The summed E-state index contributed by atoms with van der Waals surface area (Å²) in [6.45, 7) is 4.77. The van der Waals surface area contributed by atoms with E-state index in [0.29, 0.717) is 0 Å². The van der Waals surface area contributed by atoms with Crippen molar-refractivity contribution in [2.45, 2.75) is 25.3 Å². The molecule has 260 valence electrons. The van der Waals surface area contributed by atoms with E-state index in [-0.39, 0.29) is 17.4 Å². The molecule has 0 aliphatic heterocycles. The third kappa shape index (κ3) is 4.25. The Morgan fingerprint density at radius 2 is 1.20 bits per heavy atom. The fourth-order valence-corrected chi connectivity index (χ4v) is 10.3. The first-order chi connectivity index (χ1) is 27.0. The van der Waals surface area contributed by atoms with Gasteiger partial charge in [0.2, 0.25) is 0 Å². The molecular formula is C53H38N2. The van der Waals surface area contributed by atoms with Crippen LogP contribution in [0, 0.1) is 5.92 Å². The zero-order chi connectivity index (χ0) is 36.4. The van der Waals surface area contributed by atoms with Gasteiger partial charge in [-0.1, -0.05) is 147 Å². The van der Waals surface area contributed by atoms with Crippen molar-refractivity contribution in [1.82, 2.24) is 9.13 Å². The zero-order valence-corrected chi connectivity index (χ0v) is 30.9. The highest BCUT2D eigenvalue weighted by molar-refractivity contribution is 6.14. The van der Waals surface area contributed by atoms with Crippen LogP contribution in [0.15, 0.2) is 188 Å². The summed E-state index contributed by atoms with van der Waals surface area (Å²) < 4.78 is 5.08. The number of para-hydroxylation sites is 1. The highest BCUT2D eigenvalue weighted by atomic mass is 15.0. The molecule has 3 aliphatic rings. The second-order valence-electron chi connectivity index (χ2n) is 16.1. The molecule has 2 heterocycles. The Hall–Kier alpha value is -6.64. The molecule has 12 rings (SSSR count). The minimum Gasteiger partial charge on any atom is -0.332 e. The van der Waals surface area contributed by atoms with Crippen LogP contribution >= 0.6 is 0 Å². The molecule has 2 heteroatoms. The smallest absolute Gasteiger partial charge is 0.0629 e. The molecule has 2 nitrogen and oxygen atoms in total. The van der Waals surface area contributed by atoms with Crippen molar-refractivity contribution in [3.63, 3.8) is 0 Å². The Morgan fingerprint density at radius 3 is 2.09 bits per heavy atom. The minimum atomic E-state index is -0.0753. The van der Waals surface area contributed by atoms with Gasteiger partial charge in [-0.25, -0.2) is 0 Å². The summed E-state index contributed by atoms with van der Waals surface area (Å²) in [5.74, 6) is 0.286. The molecule has 2 unspecified atom stereocenters. The Morgan fingerprint density at radius 1 is 0.491 bits per heavy atom. The lowest BCUT2D eigenvalue weighted by Crippen LogP contribution is -2.20. The van der Waals surface area contributed by atoms with Crippen molar-refractivity contribution < 1.29 is 0 Å².